The van der Waals surface area contributed by atoms with Gasteiger partial charge in [0, 0.05) is 16.7 Å². The predicted octanol–water partition coefficient (Wildman–Crippen LogP) is 2.33. The summed E-state index contributed by atoms with van der Waals surface area (Å²) in [5.41, 5.74) is 3.53. The molecule has 0 saturated carbocycles. The fourth-order valence-electron chi connectivity index (χ4n) is 3.24. The van der Waals surface area contributed by atoms with Crippen LogP contribution in [0.2, 0.25) is 5.02 Å². The SMILES string of the molecule is Cc1ncn2c1Cn1nc(Cc3cc(=O)[nH]o3)nc1-c1cc(Cl)ccc1-2. The van der Waals surface area contributed by atoms with E-state index >= 15 is 0 Å². The van der Waals surface area contributed by atoms with Crippen molar-refractivity contribution < 1.29 is 4.52 Å². The molecule has 0 saturated heterocycles. The van der Waals surface area contributed by atoms with Gasteiger partial charge in [0.05, 0.1) is 36.4 Å². The van der Waals surface area contributed by atoms with Crippen LogP contribution in [-0.4, -0.2) is 29.5 Å². The number of imidazole rings is 1. The molecule has 9 heteroatoms. The maximum Gasteiger partial charge on any atom is 0.280 e. The van der Waals surface area contributed by atoms with Gasteiger partial charge in [-0.3, -0.25) is 4.79 Å². The molecule has 130 valence electrons. The van der Waals surface area contributed by atoms with E-state index in [9.17, 15) is 4.79 Å². The minimum atomic E-state index is -0.280. The molecule has 0 fully saturated rings. The van der Waals surface area contributed by atoms with Crippen molar-refractivity contribution >= 4 is 11.6 Å². The number of hydrogen-bond acceptors (Lipinski definition) is 5. The van der Waals surface area contributed by atoms with Crippen molar-refractivity contribution in [3.05, 3.63) is 68.9 Å². The van der Waals surface area contributed by atoms with Crippen molar-refractivity contribution in [2.75, 3.05) is 0 Å². The minimum Gasteiger partial charge on any atom is -0.383 e. The molecule has 1 aliphatic heterocycles. The van der Waals surface area contributed by atoms with Gasteiger partial charge in [0.1, 0.15) is 5.76 Å². The number of aromatic amines is 1. The predicted molar refractivity (Wildman–Crippen MR) is 93.6 cm³/mol. The summed E-state index contributed by atoms with van der Waals surface area (Å²) in [6.45, 7) is 2.51. The summed E-state index contributed by atoms with van der Waals surface area (Å²) in [6, 6.07) is 7.08. The molecule has 4 heterocycles. The van der Waals surface area contributed by atoms with Gasteiger partial charge < -0.3 is 9.09 Å². The molecule has 26 heavy (non-hydrogen) atoms. The van der Waals surface area contributed by atoms with E-state index in [1.165, 1.54) is 6.07 Å². The molecule has 0 atom stereocenters. The minimum absolute atomic E-state index is 0.280. The summed E-state index contributed by atoms with van der Waals surface area (Å²) >= 11 is 6.23. The van der Waals surface area contributed by atoms with Crippen LogP contribution < -0.4 is 5.56 Å². The zero-order valence-corrected chi connectivity index (χ0v) is 14.5. The third kappa shape index (κ3) is 2.30. The first kappa shape index (κ1) is 15.2. The Morgan fingerprint density at radius 2 is 2.23 bits per heavy atom. The van der Waals surface area contributed by atoms with Gasteiger partial charge in [0.25, 0.3) is 5.56 Å². The van der Waals surface area contributed by atoms with Crippen LogP contribution in [0.5, 0.6) is 0 Å². The smallest absolute Gasteiger partial charge is 0.280 e. The number of benzene rings is 1. The number of H-pyrrole nitrogens is 1. The molecule has 3 aromatic heterocycles. The van der Waals surface area contributed by atoms with Gasteiger partial charge in [-0.05, 0) is 25.1 Å². The van der Waals surface area contributed by atoms with Crippen LogP contribution in [0, 0.1) is 6.92 Å². The molecule has 8 nitrogen and oxygen atoms in total. The van der Waals surface area contributed by atoms with Crippen molar-refractivity contribution in [2.24, 2.45) is 0 Å². The number of aryl methyl sites for hydroxylation is 1. The Kier molecular flexibility index (Phi) is 3.17. The first-order valence-corrected chi connectivity index (χ1v) is 8.40. The van der Waals surface area contributed by atoms with Gasteiger partial charge in [-0.1, -0.05) is 11.6 Å². The summed E-state index contributed by atoms with van der Waals surface area (Å²) in [5, 5.41) is 7.51. The van der Waals surface area contributed by atoms with Gasteiger partial charge in [0.2, 0.25) is 0 Å². The van der Waals surface area contributed by atoms with E-state index in [0.717, 1.165) is 28.5 Å². The Labute approximate surface area is 152 Å². The van der Waals surface area contributed by atoms with E-state index in [-0.39, 0.29) is 5.56 Å². The normalized spacial score (nSPS) is 12.4. The molecule has 1 aromatic carbocycles. The van der Waals surface area contributed by atoms with Crippen LogP contribution >= 0.6 is 11.6 Å². The maximum atomic E-state index is 11.2. The lowest BCUT2D eigenvalue weighted by Crippen LogP contribution is -2.06. The lowest BCUT2D eigenvalue weighted by molar-refractivity contribution is 0.383. The first-order chi connectivity index (χ1) is 12.6. The van der Waals surface area contributed by atoms with Gasteiger partial charge in [0.15, 0.2) is 11.6 Å². The van der Waals surface area contributed by atoms with Crippen LogP contribution in [0.1, 0.15) is 23.0 Å². The molecule has 1 N–H and O–H groups in total. The summed E-state index contributed by atoms with van der Waals surface area (Å²) in [4.78, 5) is 20.3. The average molecular weight is 369 g/mol. The maximum absolute atomic E-state index is 11.2. The van der Waals surface area contributed by atoms with E-state index in [1.54, 1.807) is 6.33 Å². The van der Waals surface area contributed by atoms with Crippen LogP contribution in [0.4, 0.5) is 0 Å². The zero-order chi connectivity index (χ0) is 17.8. The van der Waals surface area contributed by atoms with Crippen molar-refractivity contribution in [1.29, 1.82) is 0 Å². The highest BCUT2D eigenvalue weighted by Crippen LogP contribution is 2.33. The topological polar surface area (TPSA) is 94.5 Å². The summed E-state index contributed by atoms with van der Waals surface area (Å²) in [7, 11) is 0. The van der Waals surface area contributed by atoms with Gasteiger partial charge in [-0.15, -0.1) is 0 Å². The Morgan fingerprint density at radius 1 is 1.35 bits per heavy atom. The Balaban J connectivity index is 1.68. The van der Waals surface area contributed by atoms with E-state index in [2.05, 4.69) is 20.2 Å². The number of nitrogens with zero attached hydrogens (tertiary/aromatic N) is 5. The summed E-state index contributed by atoms with van der Waals surface area (Å²) < 4.78 is 8.99. The largest absolute Gasteiger partial charge is 0.383 e. The van der Waals surface area contributed by atoms with Crippen molar-refractivity contribution in [1.82, 2.24) is 29.5 Å². The molecule has 1 aliphatic rings. The molecular formula is C17H13ClN6O2. The van der Waals surface area contributed by atoms with Crippen molar-refractivity contribution in [2.45, 2.75) is 19.9 Å². The molecule has 0 aliphatic carbocycles. The molecule has 0 spiro atoms. The Morgan fingerprint density at radius 3 is 3.04 bits per heavy atom. The fraction of sp³-hybridized carbons (Fsp3) is 0.176. The van der Waals surface area contributed by atoms with Gasteiger partial charge in [-0.2, -0.15) is 10.3 Å². The monoisotopic (exact) mass is 368 g/mol. The molecule has 0 amide bonds. The summed E-state index contributed by atoms with van der Waals surface area (Å²) in [5.74, 6) is 1.78. The lowest BCUT2D eigenvalue weighted by Gasteiger charge is -2.08. The highest BCUT2D eigenvalue weighted by Gasteiger charge is 2.24. The molecule has 4 aromatic rings. The molecule has 0 unspecified atom stereocenters. The van der Waals surface area contributed by atoms with Crippen LogP contribution in [0.3, 0.4) is 0 Å². The quantitative estimate of drug-likeness (QED) is 0.516. The number of nitrogens with one attached hydrogen (secondary N) is 1. The van der Waals surface area contributed by atoms with Crippen molar-refractivity contribution in [3.63, 3.8) is 0 Å². The second-order valence-corrected chi connectivity index (χ2v) is 6.61. The van der Waals surface area contributed by atoms with E-state index in [4.69, 9.17) is 16.1 Å². The Hall–Kier alpha value is -3.13. The number of hydrogen-bond donors (Lipinski definition) is 1. The van der Waals surface area contributed by atoms with E-state index < -0.39 is 0 Å². The standard InChI is InChI=1S/C17H13ClN6O2/c1-9-14-7-24-17(20-15(21-24)5-11-6-16(25)22-26-11)12-4-10(18)2-3-13(12)23(14)8-19-9/h2-4,6,8H,5,7H2,1H3,(H,22,25). The number of halogens is 1. The lowest BCUT2D eigenvalue weighted by atomic mass is 10.1. The third-order valence-corrected chi connectivity index (χ3v) is 4.69. The molecule has 0 radical (unpaired) electrons. The van der Waals surface area contributed by atoms with Gasteiger partial charge in [-0.25, -0.2) is 14.6 Å². The van der Waals surface area contributed by atoms with Gasteiger partial charge >= 0.3 is 0 Å². The molecular weight excluding hydrogens is 356 g/mol. The second kappa shape index (κ2) is 5.43. The first-order valence-electron chi connectivity index (χ1n) is 8.03. The second-order valence-electron chi connectivity index (χ2n) is 6.17. The fourth-order valence-corrected chi connectivity index (χ4v) is 3.41. The van der Waals surface area contributed by atoms with Crippen LogP contribution in [0.25, 0.3) is 17.1 Å². The number of aromatic nitrogens is 6. The third-order valence-electron chi connectivity index (χ3n) is 4.46. The average Bonchev–Trinajstić information content (AvgIpc) is 3.28. The Bertz CT molecular complexity index is 1200. The zero-order valence-electron chi connectivity index (χ0n) is 13.7. The van der Waals surface area contributed by atoms with E-state index in [1.807, 2.05) is 34.4 Å². The van der Waals surface area contributed by atoms with Crippen LogP contribution in [0.15, 0.2) is 39.9 Å². The number of fused-ring (bicyclic) bond motifs is 5. The molecule has 5 rings (SSSR count). The van der Waals surface area contributed by atoms with Crippen molar-refractivity contribution in [3.8, 4) is 17.1 Å². The molecule has 0 bridgehead atoms. The number of rotatable bonds is 2. The van der Waals surface area contributed by atoms with E-state index in [0.29, 0.717) is 29.6 Å². The highest BCUT2D eigenvalue weighted by atomic mass is 35.5. The highest BCUT2D eigenvalue weighted by molar-refractivity contribution is 6.31. The summed E-state index contributed by atoms with van der Waals surface area (Å²) in [6.07, 6.45) is 2.13. The van der Waals surface area contributed by atoms with Crippen LogP contribution in [-0.2, 0) is 13.0 Å².